The second-order valence-electron chi connectivity index (χ2n) is 6.20. The average Bonchev–Trinajstić information content (AvgIpc) is 3.16. The Labute approximate surface area is 154 Å². The predicted molar refractivity (Wildman–Crippen MR) is 101 cm³/mol. The van der Waals surface area contributed by atoms with Crippen molar-refractivity contribution in [3.63, 3.8) is 0 Å². The van der Waals surface area contributed by atoms with Crippen LogP contribution in [0.3, 0.4) is 0 Å². The Kier molecular flexibility index (Phi) is 4.43. The summed E-state index contributed by atoms with van der Waals surface area (Å²) in [7, 11) is 0. The summed E-state index contributed by atoms with van der Waals surface area (Å²) in [5.74, 6) is 0.0986. The molecule has 0 atom stereocenters. The zero-order valence-corrected chi connectivity index (χ0v) is 15.8. The van der Waals surface area contributed by atoms with Crippen LogP contribution in [-0.4, -0.2) is 40.0 Å². The van der Waals surface area contributed by atoms with Crippen molar-refractivity contribution in [1.29, 1.82) is 0 Å². The highest BCUT2D eigenvalue weighted by molar-refractivity contribution is 7.20. The standard InChI is InChI=1S/C18H19N3O2S2/c1-11-16(24-12(2)19-11)17(22)21-9-7-13(8-10-21)23-18-20-14-5-3-4-6-15(14)25-18/h3-6,13H,7-10H2,1-2H3. The van der Waals surface area contributed by atoms with Gasteiger partial charge in [-0.2, -0.15) is 0 Å². The van der Waals surface area contributed by atoms with Gasteiger partial charge in [-0.25, -0.2) is 9.97 Å². The van der Waals surface area contributed by atoms with E-state index in [1.54, 1.807) is 11.3 Å². The van der Waals surface area contributed by atoms with Crippen LogP contribution in [0.5, 0.6) is 5.19 Å². The number of aromatic nitrogens is 2. The Morgan fingerprint density at radius 1 is 1.16 bits per heavy atom. The maximum Gasteiger partial charge on any atom is 0.274 e. The first kappa shape index (κ1) is 16.5. The van der Waals surface area contributed by atoms with Crippen molar-refractivity contribution in [2.75, 3.05) is 13.1 Å². The molecule has 5 nitrogen and oxygen atoms in total. The summed E-state index contributed by atoms with van der Waals surface area (Å²) < 4.78 is 7.20. The number of ether oxygens (including phenoxy) is 1. The molecule has 0 radical (unpaired) electrons. The van der Waals surface area contributed by atoms with E-state index in [1.807, 2.05) is 36.9 Å². The van der Waals surface area contributed by atoms with Gasteiger partial charge >= 0.3 is 0 Å². The van der Waals surface area contributed by atoms with E-state index in [1.165, 1.54) is 11.3 Å². The summed E-state index contributed by atoms with van der Waals surface area (Å²) in [5.41, 5.74) is 1.81. The SMILES string of the molecule is Cc1nc(C)c(C(=O)N2CCC(Oc3nc4ccccc4s3)CC2)s1. The third-order valence-corrected chi connectivity index (χ3v) is 6.36. The van der Waals surface area contributed by atoms with E-state index >= 15 is 0 Å². The molecule has 130 valence electrons. The Morgan fingerprint density at radius 3 is 2.60 bits per heavy atom. The van der Waals surface area contributed by atoms with Crippen LogP contribution >= 0.6 is 22.7 Å². The topological polar surface area (TPSA) is 55.3 Å². The molecule has 2 aromatic heterocycles. The third kappa shape index (κ3) is 3.39. The molecule has 0 aliphatic carbocycles. The highest BCUT2D eigenvalue weighted by atomic mass is 32.1. The minimum absolute atomic E-state index is 0.0986. The van der Waals surface area contributed by atoms with Gasteiger partial charge in [0.2, 0.25) is 0 Å². The monoisotopic (exact) mass is 373 g/mol. The van der Waals surface area contributed by atoms with Gasteiger partial charge in [0.1, 0.15) is 11.0 Å². The minimum atomic E-state index is 0.0986. The van der Waals surface area contributed by atoms with Crippen molar-refractivity contribution in [3.05, 3.63) is 39.8 Å². The highest BCUT2D eigenvalue weighted by Crippen LogP contribution is 2.30. The van der Waals surface area contributed by atoms with E-state index in [2.05, 4.69) is 16.0 Å². The molecule has 0 bridgehead atoms. The van der Waals surface area contributed by atoms with Gasteiger partial charge in [0.05, 0.1) is 20.9 Å². The predicted octanol–water partition coefficient (Wildman–Crippen LogP) is 4.05. The molecule has 0 saturated carbocycles. The zero-order chi connectivity index (χ0) is 17.4. The molecule has 3 heterocycles. The molecule has 1 aliphatic rings. The molecular formula is C18H19N3O2S2. The second-order valence-corrected chi connectivity index (χ2v) is 8.40. The van der Waals surface area contributed by atoms with E-state index in [0.29, 0.717) is 13.1 Å². The van der Waals surface area contributed by atoms with Crippen molar-refractivity contribution in [2.45, 2.75) is 32.8 Å². The first-order valence-corrected chi connectivity index (χ1v) is 9.99. The average molecular weight is 374 g/mol. The van der Waals surface area contributed by atoms with Gasteiger partial charge in [-0.3, -0.25) is 4.79 Å². The number of carbonyl (C=O) groups is 1. The van der Waals surface area contributed by atoms with Gasteiger partial charge in [-0.05, 0) is 26.0 Å². The summed E-state index contributed by atoms with van der Waals surface area (Å²) in [4.78, 5) is 24.2. The fraction of sp³-hybridized carbons (Fsp3) is 0.389. The highest BCUT2D eigenvalue weighted by Gasteiger charge is 2.27. The number of hydrogen-bond acceptors (Lipinski definition) is 6. The van der Waals surface area contributed by atoms with E-state index < -0.39 is 0 Å². The second kappa shape index (κ2) is 6.72. The number of para-hydroxylation sites is 1. The molecule has 1 fully saturated rings. The summed E-state index contributed by atoms with van der Waals surface area (Å²) in [6.45, 7) is 5.27. The van der Waals surface area contributed by atoms with Crippen LogP contribution in [0.2, 0.25) is 0 Å². The van der Waals surface area contributed by atoms with Crippen molar-refractivity contribution in [1.82, 2.24) is 14.9 Å². The molecular weight excluding hydrogens is 354 g/mol. The molecule has 0 unspecified atom stereocenters. The van der Waals surface area contributed by atoms with Gasteiger partial charge in [0.25, 0.3) is 11.1 Å². The number of nitrogens with zero attached hydrogens (tertiary/aromatic N) is 3. The fourth-order valence-corrected chi connectivity index (χ4v) is 4.86. The van der Waals surface area contributed by atoms with Crippen molar-refractivity contribution in [3.8, 4) is 5.19 Å². The lowest BCUT2D eigenvalue weighted by Gasteiger charge is -2.31. The van der Waals surface area contributed by atoms with Gasteiger partial charge in [0, 0.05) is 25.9 Å². The van der Waals surface area contributed by atoms with Crippen molar-refractivity contribution in [2.24, 2.45) is 0 Å². The number of piperidine rings is 1. The first-order chi connectivity index (χ1) is 12.1. The number of carbonyl (C=O) groups excluding carboxylic acids is 1. The van der Waals surface area contributed by atoms with Crippen LogP contribution in [0.25, 0.3) is 10.2 Å². The number of amides is 1. The minimum Gasteiger partial charge on any atom is -0.467 e. The Morgan fingerprint density at radius 2 is 1.92 bits per heavy atom. The number of rotatable bonds is 3. The summed E-state index contributed by atoms with van der Waals surface area (Å²) in [6.07, 6.45) is 1.78. The Balaban J connectivity index is 1.38. The van der Waals surface area contributed by atoms with Crippen LogP contribution in [0.4, 0.5) is 0 Å². The third-order valence-electron chi connectivity index (χ3n) is 4.37. The summed E-state index contributed by atoms with van der Waals surface area (Å²) in [5, 5.41) is 1.66. The van der Waals surface area contributed by atoms with Crippen LogP contribution in [0, 0.1) is 13.8 Å². The van der Waals surface area contributed by atoms with Crippen LogP contribution < -0.4 is 4.74 Å². The van der Waals surface area contributed by atoms with E-state index in [0.717, 1.165) is 43.8 Å². The number of benzene rings is 1. The largest absolute Gasteiger partial charge is 0.467 e. The number of aryl methyl sites for hydroxylation is 2. The lowest BCUT2D eigenvalue weighted by molar-refractivity contribution is 0.0599. The van der Waals surface area contributed by atoms with E-state index in [-0.39, 0.29) is 12.0 Å². The molecule has 3 aromatic rings. The lowest BCUT2D eigenvalue weighted by atomic mass is 10.1. The molecule has 1 saturated heterocycles. The number of likely N-dealkylation sites (tertiary alicyclic amines) is 1. The van der Waals surface area contributed by atoms with Gasteiger partial charge in [0.15, 0.2) is 0 Å². The molecule has 7 heteroatoms. The normalized spacial score (nSPS) is 15.7. The molecule has 1 amide bonds. The molecule has 1 aromatic carbocycles. The maximum atomic E-state index is 12.7. The van der Waals surface area contributed by atoms with Gasteiger partial charge < -0.3 is 9.64 Å². The molecule has 0 spiro atoms. The molecule has 0 N–H and O–H groups in total. The van der Waals surface area contributed by atoms with Gasteiger partial charge in [-0.1, -0.05) is 23.5 Å². The maximum absolute atomic E-state index is 12.7. The first-order valence-electron chi connectivity index (χ1n) is 8.35. The van der Waals surface area contributed by atoms with Crippen LogP contribution in [0.15, 0.2) is 24.3 Å². The van der Waals surface area contributed by atoms with Crippen LogP contribution in [-0.2, 0) is 0 Å². The Hall–Kier alpha value is -1.99. The number of thiazole rings is 2. The van der Waals surface area contributed by atoms with Crippen LogP contribution in [0.1, 0.15) is 33.2 Å². The molecule has 25 heavy (non-hydrogen) atoms. The Bertz CT molecular complexity index is 877. The smallest absolute Gasteiger partial charge is 0.274 e. The van der Waals surface area contributed by atoms with Crippen molar-refractivity contribution < 1.29 is 9.53 Å². The molecule has 1 aliphatic heterocycles. The zero-order valence-electron chi connectivity index (χ0n) is 14.2. The number of fused-ring (bicyclic) bond motifs is 1. The van der Waals surface area contributed by atoms with Gasteiger partial charge in [-0.15, -0.1) is 11.3 Å². The summed E-state index contributed by atoms with van der Waals surface area (Å²) >= 11 is 3.06. The van der Waals surface area contributed by atoms with E-state index in [4.69, 9.17) is 4.74 Å². The quantitative estimate of drug-likeness (QED) is 0.695. The van der Waals surface area contributed by atoms with Crippen molar-refractivity contribution >= 4 is 38.8 Å². The number of hydrogen-bond donors (Lipinski definition) is 0. The van der Waals surface area contributed by atoms with E-state index in [9.17, 15) is 4.79 Å². The molecule has 4 rings (SSSR count). The summed E-state index contributed by atoms with van der Waals surface area (Å²) in [6, 6.07) is 8.05. The fourth-order valence-electron chi connectivity index (χ4n) is 3.09. The lowest BCUT2D eigenvalue weighted by Crippen LogP contribution is -2.41.